The fraction of sp³-hybridized carbons (Fsp3) is 0.667. The Hall–Kier alpha value is -1.09. The lowest BCUT2D eigenvalue weighted by molar-refractivity contribution is 0.0900. The number of hydrogen-bond acceptors (Lipinski definition) is 3. The van der Waals surface area contributed by atoms with Gasteiger partial charge < -0.3 is 10.5 Å². The summed E-state index contributed by atoms with van der Waals surface area (Å²) in [6.07, 6.45) is 9.40. The summed E-state index contributed by atoms with van der Waals surface area (Å²) in [4.78, 5) is 4.38. The summed E-state index contributed by atoms with van der Waals surface area (Å²) in [5.41, 5.74) is 6.56. The summed E-state index contributed by atoms with van der Waals surface area (Å²) in [5.74, 6) is 1.61. The van der Waals surface area contributed by atoms with Gasteiger partial charge in [0.2, 0.25) is 0 Å². The van der Waals surface area contributed by atoms with Gasteiger partial charge >= 0.3 is 0 Å². The number of nitrogens with zero attached hydrogens (tertiary/aromatic N) is 1. The number of aromatic nitrogens is 1. The van der Waals surface area contributed by atoms with Crippen molar-refractivity contribution in [3.8, 4) is 5.75 Å². The molecule has 0 amide bonds. The summed E-state index contributed by atoms with van der Waals surface area (Å²) in [7, 11) is 0. The molecule has 2 rings (SSSR count). The molecule has 1 saturated carbocycles. The molecule has 2 N–H and O–H groups in total. The van der Waals surface area contributed by atoms with Crippen LogP contribution in [0.15, 0.2) is 18.3 Å². The van der Waals surface area contributed by atoms with E-state index in [2.05, 4.69) is 11.9 Å². The van der Waals surface area contributed by atoms with Crippen molar-refractivity contribution in [2.75, 3.05) is 6.54 Å². The minimum absolute atomic E-state index is 0.380. The van der Waals surface area contributed by atoms with Gasteiger partial charge in [-0.15, -0.1) is 0 Å². The van der Waals surface area contributed by atoms with Crippen LogP contribution >= 0.6 is 0 Å². The minimum atomic E-state index is 0.380. The van der Waals surface area contributed by atoms with Crippen LogP contribution in [-0.2, 0) is 6.42 Å². The van der Waals surface area contributed by atoms with E-state index in [4.69, 9.17) is 10.5 Å². The SMILES string of the molecule is CCC1CCCCC1Oc1ccc(CCN)nc1. The molecule has 100 valence electrons. The van der Waals surface area contributed by atoms with Crippen LogP contribution in [0.5, 0.6) is 5.75 Å². The fourth-order valence-electron chi connectivity index (χ4n) is 2.75. The van der Waals surface area contributed by atoms with Crippen LogP contribution < -0.4 is 10.5 Å². The Kier molecular flexibility index (Phi) is 5.00. The lowest BCUT2D eigenvalue weighted by atomic mass is 9.85. The normalized spacial score (nSPS) is 23.9. The maximum absolute atomic E-state index is 6.10. The molecule has 1 fully saturated rings. The van der Waals surface area contributed by atoms with E-state index in [0.717, 1.165) is 17.9 Å². The molecule has 0 bridgehead atoms. The molecular weight excluding hydrogens is 224 g/mol. The van der Waals surface area contributed by atoms with Crippen molar-refractivity contribution in [3.05, 3.63) is 24.0 Å². The Balaban J connectivity index is 1.95. The summed E-state index contributed by atoms with van der Waals surface area (Å²) < 4.78 is 6.10. The van der Waals surface area contributed by atoms with Crippen LogP contribution in [-0.4, -0.2) is 17.6 Å². The third-order valence-corrected chi connectivity index (χ3v) is 3.85. The van der Waals surface area contributed by atoms with Gasteiger partial charge in [0.15, 0.2) is 0 Å². The Bertz CT molecular complexity index is 350. The van der Waals surface area contributed by atoms with E-state index >= 15 is 0 Å². The van der Waals surface area contributed by atoms with Crippen LogP contribution in [0.4, 0.5) is 0 Å². The summed E-state index contributed by atoms with van der Waals surface area (Å²) in [5, 5.41) is 0. The Morgan fingerprint density at radius 3 is 2.83 bits per heavy atom. The molecule has 1 aliphatic rings. The van der Waals surface area contributed by atoms with Crippen LogP contribution in [0.3, 0.4) is 0 Å². The molecule has 0 aliphatic heterocycles. The first-order chi connectivity index (χ1) is 8.83. The van der Waals surface area contributed by atoms with E-state index in [-0.39, 0.29) is 0 Å². The number of hydrogen-bond donors (Lipinski definition) is 1. The van der Waals surface area contributed by atoms with Gasteiger partial charge in [-0.05, 0) is 50.3 Å². The highest BCUT2D eigenvalue weighted by atomic mass is 16.5. The van der Waals surface area contributed by atoms with Gasteiger partial charge in [-0.1, -0.05) is 13.3 Å². The van der Waals surface area contributed by atoms with Crippen molar-refractivity contribution in [2.24, 2.45) is 11.7 Å². The third kappa shape index (κ3) is 3.45. The first-order valence-corrected chi connectivity index (χ1v) is 7.15. The molecule has 1 aromatic rings. The van der Waals surface area contributed by atoms with Gasteiger partial charge in [0.1, 0.15) is 11.9 Å². The highest BCUT2D eigenvalue weighted by Crippen LogP contribution is 2.30. The zero-order valence-electron chi connectivity index (χ0n) is 11.3. The molecule has 0 saturated heterocycles. The van der Waals surface area contributed by atoms with Crippen LogP contribution in [0.2, 0.25) is 0 Å². The van der Waals surface area contributed by atoms with Crippen LogP contribution in [0, 0.1) is 5.92 Å². The third-order valence-electron chi connectivity index (χ3n) is 3.85. The molecule has 3 nitrogen and oxygen atoms in total. The van der Waals surface area contributed by atoms with E-state index < -0.39 is 0 Å². The Labute approximate surface area is 110 Å². The summed E-state index contributed by atoms with van der Waals surface area (Å²) in [6.45, 7) is 2.91. The average molecular weight is 248 g/mol. The molecule has 0 aromatic carbocycles. The number of ether oxygens (including phenoxy) is 1. The molecule has 1 aliphatic carbocycles. The molecule has 2 atom stereocenters. The van der Waals surface area contributed by atoms with Gasteiger partial charge in [0.05, 0.1) is 6.20 Å². The molecule has 1 aromatic heterocycles. The topological polar surface area (TPSA) is 48.1 Å². The Morgan fingerprint density at radius 2 is 2.17 bits per heavy atom. The Morgan fingerprint density at radius 1 is 1.33 bits per heavy atom. The van der Waals surface area contributed by atoms with Gasteiger partial charge in [0, 0.05) is 12.1 Å². The van der Waals surface area contributed by atoms with E-state index in [1.807, 2.05) is 18.3 Å². The largest absolute Gasteiger partial charge is 0.489 e. The summed E-state index contributed by atoms with van der Waals surface area (Å²) in [6, 6.07) is 4.05. The monoisotopic (exact) mass is 248 g/mol. The van der Waals surface area contributed by atoms with Gasteiger partial charge in [-0.2, -0.15) is 0 Å². The average Bonchev–Trinajstić information content (AvgIpc) is 2.42. The van der Waals surface area contributed by atoms with Gasteiger partial charge in [0.25, 0.3) is 0 Å². The number of rotatable bonds is 5. The van der Waals surface area contributed by atoms with Crippen molar-refractivity contribution in [1.29, 1.82) is 0 Å². The van der Waals surface area contributed by atoms with E-state index in [0.29, 0.717) is 18.6 Å². The van der Waals surface area contributed by atoms with Crippen LogP contribution in [0.25, 0.3) is 0 Å². The minimum Gasteiger partial charge on any atom is -0.489 e. The van der Waals surface area contributed by atoms with Crippen molar-refractivity contribution in [3.63, 3.8) is 0 Å². The van der Waals surface area contributed by atoms with E-state index in [1.54, 1.807) is 0 Å². The molecule has 18 heavy (non-hydrogen) atoms. The smallest absolute Gasteiger partial charge is 0.138 e. The lowest BCUT2D eigenvalue weighted by Crippen LogP contribution is -2.29. The standard InChI is InChI=1S/C15H24N2O/c1-2-12-5-3-4-6-15(12)18-14-8-7-13(9-10-16)17-11-14/h7-8,11-12,15H,2-6,9-10,16H2,1H3. The predicted octanol–water partition coefficient (Wildman–Crippen LogP) is 2.93. The van der Waals surface area contributed by atoms with Crippen molar-refractivity contribution < 1.29 is 4.74 Å². The summed E-state index contributed by atoms with van der Waals surface area (Å²) >= 11 is 0. The second kappa shape index (κ2) is 6.74. The lowest BCUT2D eigenvalue weighted by Gasteiger charge is -2.31. The molecule has 0 radical (unpaired) electrons. The van der Waals surface area contributed by atoms with Crippen molar-refractivity contribution in [2.45, 2.75) is 51.6 Å². The van der Waals surface area contributed by atoms with Gasteiger partial charge in [-0.3, -0.25) is 4.98 Å². The zero-order chi connectivity index (χ0) is 12.8. The van der Waals surface area contributed by atoms with Crippen molar-refractivity contribution in [1.82, 2.24) is 4.98 Å². The number of nitrogens with two attached hydrogens (primary N) is 1. The highest BCUT2D eigenvalue weighted by Gasteiger charge is 2.25. The molecular formula is C15H24N2O. The highest BCUT2D eigenvalue weighted by molar-refractivity contribution is 5.20. The quantitative estimate of drug-likeness (QED) is 0.871. The molecule has 2 unspecified atom stereocenters. The maximum atomic E-state index is 6.10. The predicted molar refractivity (Wildman–Crippen MR) is 73.7 cm³/mol. The fourth-order valence-corrected chi connectivity index (χ4v) is 2.75. The first kappa shape index (κ1) is 13.3. The second-order valence-electron chi connectivity index (χ2n) is 5.13. The molecule has 1 heterocycles. The second-order valence-corrected chi connectivity index (χ2v) is 5.13. The zero-order valence-corrected chi connectivity index (χ0v) is 11.3. The molecule has 3 heteroatoms. The van der Waals surface area contributed by atoms with Gasteiger partial charge in [-0.25, -0.2) is 0 Å². The number of pyridine rings is 1. The first-order valence-electron chi connectivity index (χ1n) is 7.15. The maximum Gasteiger partial charge on any atom is 0.138 e. The van der Waals surface area contributed by atoms with Crippen LogP contribution in [0.1, 0.15) is 44.7 Å². The molecule has 0 spiro atoms. The van der Waals surface area contributed by atoms with E-state index in [9.17, 15) is 0 Å². The van der Waals surface area contributed by atoms with E-state index in [1.165, 1.54) is 32.1 Å². The van der Waals surface area contributed by atoms with Crippen molar-refractivity contribution >= 4 is 0 Å².